The molecule has 166 valence electrons. The van der Waals surface area contributed by atoms with Gasteiger partial charge in [0.15, 0.2) is 5.13 Å². The van der Waals surface area contributed by atoms with E-state index in [-0.39, 0.29) is 38.0 Å². The van der Waals surface area contributed by atoms with Crippen LogP contribution in [0.1, 0.15) is 25.6 Å². The number of thiazole rings is 1. The predicted molar refractivity (Wildman–Crippen MR) is 130 cm³/mol. The molecule has 3 N–H and O–H groups in total. The lowest BCUT2D eigenvalue weighted by atomic mass is 10.1. The first-order valence-electron chi connectivity index (χ1n) is 9.93. The number of nitrogens with two attached hydrogens (primary N) is 1. The van der Waals surface area contributed by atoms with Crippen molar-refractivity contribution in [1.29, 1.82) is 0 Å². The second-order valence-corrected chi connectivity index (χ2v) is 9.27. The summed E-state index contributed by atoms with van der Waals surface area (Å²) in [5, 5.41) is 4.09. The first-order valence-corrected chi connectivity index (χ1v) is 11.5. The number of benzene rings is 2. The number of likely N-dealkylation sites (N-methyl/N-ethyl adjacent to an activating group) is 1. The molecule has 2 aromatic carbocycles. The zero-order chi connectivity index (χ0) is 22.8. The van der Waals surface area contributed by atoms with Crippen molar-refractivity contribution in [3.63, 3.8) is 0 Å². The number of amides is 1. The molecule has 0 saturated carbocycles. The zero-order valence-electron chi connectivity index (χ0n) is 17.3. The minimum atomic E-state index is -0.378. The third kappa shape index (κ3) is 4.73. The quantitative estimate of drug-likeness (QED) is 0.516. The molecular weight excluding hydrogens is 469 g/mol. The Morgan fingerprint density at radius 2 is 1.66 bits per heavy atom. The number of aromatic nitrogens is 1. The summed E-state index contributed by atoms with van der Waals surface area (Å²) in [5.41, 5.74) is 7.54. The van der Waals surface area contributed by atoms with Crippen LogP contribution < -0.4 is 11.1 Å². The molecule has 1 fully saturated rings. The van der Waals surface area contributed by atoms with Gasteiger partial charge in [0.05, 0.1) is 15.6 Å². The zero-order valence-corrected chi connectivity index (χ0v) is 19.6. The fourth-order valence-corrected chi connectivity index (χ4v) is 4.81. The van der Waals surface area contributed by atoms with Crippen molar-refractivity contribution in [3.8, 4) is 0 Å². The molecule has 0 spiro atoms. The van der Waals surface area contributed by atoms with Gasteiger partial charge in [0.1, 0.15) is 10.7 Å². The summed E-state index contributed by atoms with van der Waals surface area (Å²) in [4.78, 5) is 34.2. The van der Waals surface area contributed by atoms with E-state index in [0.29, 0.717) is 10.7 Å². The number of hydrogen-bond donors (Lipinski definition) is 2. The van der Waals surface area contributed by atoms with Crippen molar-refractivity contribution >= 4 is 62.9 Å². The molecule has 0 bridgehead atoms. The van der Waals surface area contributed by atoms with Gasteiger partial charge in [-0.15, -0.1) is 0 Å². The molecule has 3 aromatic rings. The maximum Gasteiger partial charge on any atom is 0.253 e. The topological polar surface area (TPSA) is 91.6 Å². The summed E-state index contributed by atoms with van der Waals surface area (Å²) in [6.45, 7) is 3.19. The van der Waals surface area contributed by atoms with Gasteiger partial charge >= 0.3 is 0 Å². The van der Waals surface area contributed by atoms with Crippen LogP contribution in [0, 0.1) is 0 Å². The van der Waals surface area contributed by atoms with Crippen LogP contribution in [0.4, 0.5) is 16.6 Å². The summed E-state index contributed by atoms with van der Waals surface area (Å²) in [5.74, 6) is -0.259. The number of nitrogens with zero attached hydrogens (tertiary/aromatic N) is 3. The van der Waals surface area contributed by atoms with E-state index in [1.165, 1.54) is 0 Å². The van der Waals surface area contributed by atoms with Gasteiger partial charge in [-0.2, -0.15) is 0 Å². The molecule has 0 radical (unpaired) electrons. The number of anilines is 3. The second kappa shape index (κ2) is 9.46. The number of nitrogens with one attached hydrogen (secondary N) is 1. The molecule has 1 amide bonds. The van der Waals surface area contributed by atoms with E-state index in [1.807, 2.05) is 4.90 Å². The van der Waals surface area contributed by atoms with Crippen molar-refractivity contribution in [2.24, 2.45) is 0 Å². The molecule has 2 heterocycles. The van der Waals surface area contributed by atoms with Crippen LogP contribution in [0.15, 0.2) is 42.5 Å². The highest BCUT2D eigenvalue weighted by molar-refractivity contribution is 7.18. The molecule has 1 aliphatic heterocycles. The summed E-state index contributed by atoms with van der Waals surface area (Å²) in [7, 11) is 2.05. The first-order chi connectivity index (χ1) is 15.3. The molecule has 1 saturated heterocycles. The van der Waals surface area contributed by atoms with Crippen molar-refractivity contribution in [2.45, 2.75) is 0 Å². The summed E-state index contributed by atoms with van der Waals surface area (Å²) < 4.78 is 0. The lowest BCUT2D eigenvalue weighted by molar-refractivity contribution is 0.0664. The maximum atomic E-state index is 12.9. The number of hydrogen-bond acceptors (Lipinski definition) is 7. The molecule has 10 heteroatoms. The van der Waals surface area contributed by atoms with Crippen molar-refractivity contribution in [3.05, 3.63) is 68.5 Å². The predicted octanol–water partition coefficient (Wildman–Crippen LogP) is 4.39. The van der Waals surface area contributed by atoms with Gasteiger partial charge in [-0.05, 0) is 43.4 Å². The van der Waals surface area contributed by atoms with Crippen LogP contribution in [0.3, 0.4) is 0 Å². The number of rotatable bonds is 5. The lowest BCUT2D eigenvalue weighted by Crippen LogP contribution is -2.47. The number of carbonyl (C=O) groups is 2. The number of carbonyl (C=O) groups excluding carboxylic acids is 2. The number of halogens is 2. The Bertz CT molecular complexity index is 1140. The third-order valence-electron chi connectivity index (χ3n) is 5.22. The molecule has 7 nitrogen and oxygen atoms in total. The van der Waals surface area contributed by atoms with E-state index < -0.39 is 0 Å². The van der Waals surface area contributed by atoms with Crippen LogP contribution in [0.25, 0.3) is 0 Å². The molecule has 1 aliphatic rings. The van der Waals surface area contributed by atoms with Crippen LogP contribution in [-0.2, 0) is 0 Å². The largest absolute Gasteiger partial charge is 0.382 e. The highest BCUT2D eigenvalue weighted by Gasteiger charge is 2.23. The molecule has 1 aromatic heterocycles. The Morgan fingerprint density at radius 3 is 2.28 bits per heavy atom. The summed E-state index contributed by atoms with van der Waals surface area (Å²) in [6, 6.07) is 12.0. The molecule has 4 rings (SSSR count). The van der Waals surface area contributed by atoms with E-state index in [1.54, 1.807) is 42.5 Å². The van der Waals surface area contributed by atoms with Gasteiger partial charge in [0.2, 0.25) is 5.78 Å². The molecular formula is C22H21Cl2N5O2S. The van der Waals surface area contributed by atoms with Gasteiger partial charge < -0.3 is 20.9 Å². The van der Waals surface area contributed by atoms with Gasteiger partial charge in [-0.1, -0.05) is 40.6 Å². The Kier molecular flexibility index (Phi) is 6.66. The van der Waals surface area contributed by atoms with Crippen LogP contribution in [0.2, 0.25) is 10.0 Å². The highest BCUT2D eigenvalue weighted by atomic mass is 35.5. The Balaban J connectivity index is 1.47. The smallest absolute Gasteiger partial charge is 0.253 e. The van der Waals surface area contributed by atoms with E-state index in [2.05, 4.69) is 22.2 Å². The maximum absolute atomic E-state index is 12.9. The summed E-state index contributed by atoms with van der Waals surface area (Å²) in [6.07, 6.45) is 0. The normalized spacial score (nSPS) is 14.4. The van der Waals surface area contributed by atoms with E-state index in [9.17, 15) is 9.59 Å². The fourth-order valence-electron chi connectivity index (χ4n) is 3.39. The average molecular weight is 490 g/mol. The van der Waals surface area contributed by atoms with Crippen LogP contribution >= 0.6 is 34.5 Å². The fraction of sp³-hybridized carbons (Fsp3) is 0.227. The molecule has 0 unspecified atom stereocenters. The minimum absolute atomic E-state index is 0.0210. The number of ketones is 1. The monoisotopic (exact) mass is 489 g/mol. The van der Waals surface area contributed by atoms with E-state index in [0.717, 1.165) is 43.2 Å². The van der Waals surface area contributed by atoms with Crippen molar-refractivity contribution in [1.82, 2.24) is 14.8 Å². The third-order valence-corrected chi connectivity index (χ3v) is 6.84. The summed E-state index contributed by atoms with van der Waals surface area (Å²) >= 11 is 13.4. The van der Waals surface area contributed by atoms with Gasteiger partial charge in [0.25, 0.3) is 5.91 Å². The minimum Gasteiger partial charge on any atom is -0.382 e. The second-order valence-electron chi connectivity index (χ2n) is 7.46. The Morgan fingerprint density at radius 1 is 1.03 bits per heavy atom. The molecule has 32 heavy (non-hydrogen) atoms. The van der Waals surface area contributed by atoms with Crippen LogP contribution in [0.5, 0.6) is 0 Å². The standard InChI is InChI=1S/C22H21Cl2N5O2S/c1-28-9-11-29(12-10-28)21(31)13-5-7-14(8-6-13)26-22-27-20(25)19(32-22)18(30)17-15(23)3-2-4-16(17)24/h2-8H,9-12,25H2,1H3,(H,26,27). The molecule has 0 aliphatic carbocycles. The Labute approximate surface area is 199 Å². The van der Waals surface area contributed by atoms with Crippen molar-refractivity contribution in [2.75, 3.05) is 44.3 Å². The lowest BCUT2D eigenvalue weighted by Gasteiger charge is -2.32. The molecule has 0 atom stereocenters. The van der Waals surface area contributed by atoms with Gasteiger partial charge in [-0.25, -0.2) is 4.98 Å². The van der Waals surface area contributed by atoms with E-state index >= 15 is 0 Å². The SMILES string of the molecule is CN1CCN(C(=O)c2ccc(Nc3nc(N)c(C(=O)c4c(Cl)cccc4Cl)s3)cc2)CC1. The van der Waals surface area contributed by atoms with Crippen LogP contribution in [-0.4, -0.2) is 59.7 Å². The highest BCUT2D eigenvalue weighted by Crippen LogP contribution is 2.34. The average Bonchev–Trinajstić information content (AvgIpc) is 3.14. The van der Waals surface area contributed by atoms with Gasteiger partial charge in [0, 0.05) is 37.4 Å². The van der Waals surface area contributed by atoms with Gasteiger partial charge in [-0.3, -0.25) is 9.59 Å². The van der Waals surface area contributed by atoms with Crippen molar-refractivity contribution < 1.29 is 9.59 Å². The number of nitrogen functional groups attached to an aromatic ring is 1. The van der Waals surface area contributed by atoms with E-state index in [4.69, 9.17) is 28.9 Å². The first kappa shape index (κ1) is 22.5. The Hall–Kier alpha value is -2.65. The number of piperazine rings is 1.